The summed E-state index contributed by atoms with van der Waals surface area (Å²) in [6.07, 6.45) is 1.20. The zero-order valence-electron chi connectivity index (χ0n) is 12.9. The molecule has 0 radical (unpaired) electrons. The van der Waals surface area contributed by atoms with E-state index in [-0.39, 0.29) is 30.7 Å². The fourth-order valence-electron chi connectivity index (χ4n) is 2.23. The monoisotopic (exact) mass is 318 g/mol. The number of hydrogen-bond acceptors (Lipinski definition) is 6. The molecule has 23 heavy (non-hydrogen) atoms. The molecule has 1 atom stereocenters. The number of anilines is 1. The highest BCUT2D eigenvalue weighted by Crippen LogP contribution is 2.21. The van der Waals surface area contributed by atoms with Crippen LogP contribution in [-0.2, 0) is 19.1 Å². The Hall–Kier alpha value is -2.67. The standard InChI is InChI=1S/C16H18N2O5/c1-10(16(22)23-2)11-3-5-12(6-4-11)17-13-9-14(20)18(7-8-19)15(13)21/h3-6,9-10,17,19H,7-8H2,1-2H3. The highest BCUT2D eigenvalue weighted by atomic mass is 16.5. The number of nitrogens with zero attached hydrogens (tertiary/aromatic N) is 1. The van der Waals surface area contributed by atoms with E-state index in [0.29, 0.717) is 5.69 Å². The second kappa shape index (κ2) is 7.06. The minimum atomic E-state index is -0.476. The molecule has 7 heteroatoms. The smallest absolute Gasteiger partial charge is 0.312 e. The Balaban J connectivity index is 2.07. The number of nitrogens with one attached hydrogen (secondary N) is 1. The van der Waals surface area contributed by atoms with Gasteiger partial charge in [-0.2, -0.15) is 0 Å². The number of imide groups is 1. The number of ether oxygens (including phenoxy) is 1. The number of benzene rings is 1. The van der Waals surface area contributed by atoms with Crippen LogP contribution in [0.25, 0.3) is 0 Å². The average Bonchev–Trinajstić information content (AvgIpc) is 2.82. The molecule has 1 unspecified atom stereocenters. The van der Waals surface area contributed by atoms with Gasteiger partial charge in [0.05, 0.1) is 26.2 Å². The maximum Gasteiger partial charge on any atom is 0.312 e. The first-order valence-electron chi connectivity index (χ1n) is 7.11. The van der Waals surface area contributed by atoms with Crippen LogP contribution >= 0.6 is 0 Å². The average molecular weight is 318 g/mol. The number of methoxy groups -OCH3 is 1. The summed E-state index contributed by atoms with van der Waals surface area (Å²) in [5, 5.41) is 11.7. The van der Waals surface area contributed by atoms with Crippen LogP contribution in [0.3, 0.4) is 0 Å². The molecule has 7 nitrogen and oxygen atoms in total. The zero-order chi connectivity index (χ0) is 17.0. The molecule has 0 spiro atoms. The number of carbonyl (C=O) groups is 3. The molecule has 1 aliphatic heterocycles. The van der Waals surface area contributed by atoms with Crippen LogP contribution < -0.4 is 5.32 Å². The molecule has 1 heterocycles. The molecule has 1 aromatic carbocycles. The van der Waals surface area contributed by atoms with Crippen molar-refractivity contribution in [1.29, 1.82) is 0 Å². The van der Waals surface area contributed by atoms with Crippen LogP contribution in [0.15, 0.2) is 36.0 Å². The first-order valence-corrected chi connectivity index (χ1v) is 7.11. The van der Waals surface area contributed by atoms with Gasteiger partial charge >= 0.3 is 5.97 Å². The topological polar surface area (TPSA) is 95.9 Å². The Morgan fingerprint density at radius 2 is 1.96 bits per heavy atom. The van der Waals surface area contributed by atoms with Gasteiger partial charge in [-0.1, -0.05) is 12.1 Å². The Kier molecular flexibility index (Phi) is 5.13. The molecule has 2 rings (SSSR count). The molecule has 2 amide bonds. The van der Waals surface area contributed by atoms with Crippen LogP contribution in [0.1, 0.15) is 18.4 Å². The summed E-state index contributed by atoms with van der Waals surface area (Å²) in [4.78, 5) is 36.1. The Bertz CT molecular complexity index is 651. The van der Waals surface area contributed by atoms with Crippen molar-refractivity contribution in [3.8, 4) is 0 Å². The molecule has 0 saturated carbocycles. The summed E-state index contributed by atoms with van der Waals surface area (Å²) in [7, 11) is 1.34. The molecule has 0 aromatic heterocycles. The summed E-state index contributed by atoms with van der Waals surface area (Å²) in [6, 6.07) is 6.92. The predicted octanol–water partition coefficient (Wildman–Crippen LogP) is 0.620. The van der Waals surface area contributed by atoms with Gasteiger partial charge < -0.3 is 15.2 Å². The minimum Gasteiger partial charge on any atom is -0.469 e. The van der Waals surface area contributed by atoms with E-state index < -0.39 is 11.8 Å². The van der Waals surface area contributed by atoms with E-state index in [2.05, 4.69) is 5.32 Å². The van der Waals surface area contributed by atoms with Crippen molar-refractivity contribution in [2.24, 2.45) is 0 Å². The fraction of sp³-hybridized carbons (Fsp3) is 0.312. The van der Waals surface area contributed by atoms with Gasteiger partial charge in [0.1, 0.15) is 5.70 Å². The van der Waals surface area contributed by atoms with E-state index in [1.807, 2.05) is 0 Å². The van der Waals surface area contributed by atoms with Crippen molar-refractivity contribution in [1.82, 2.24) is 4.90 Å². The molecule has 0 aliphatic carbocycles. The first kappa shape index (κ1) is 16.7. The van der Waals surface area contributed by atoms with Gasteiger partial charge in [-0.25, -0.2) is 0 Å². The number of rotatable bonds is 6. The quantitative estimate of drug-likeness (QED) is 0.590. The molecule has 1 aromatic rings. The van der Waals surface area contributed by atoms with Gasteiger partial charge in [-0.15, -0.1) is 0 Å². The number of aliphatic hydroxyl groups is 1. The van der Waals surface area contributed by atoms with E-state index in [9.17, 15) is 14.4 Å². The van der Waals surface area contributed by atoms with E-state index in [1.54, 1.807) is 31.2 Å². The van der Waals surface area contributed by atoms with E-state index in [1.165, 1.54) is 13.2 Å². The first-order chi connectivity index (χ1) is 11.0. The lowest BCUT2D eigenvalue weighted by molar-refractivity contribution is -0.142. The molecular weight excluding hydrogens is 300 g/mol. The highest BCUT2D eigenvalue weighted by molar-refractivity contribution is 6.17. The Morgan fingerprint density at radius 1 is 1.30 bits per heavy atom. The molecule has 0 saturated heterocycles. The summed E-state index contributed by atoms with van der Waals surface area (Å²) in [6.45, 7) is 1.43. The van der Waals surface area contributed by atoms with Crippen molar-refractivity contribution >= 4 is 23.5 Å². The maximum atomic E-state index is 12.0. The summed E-state index contributed by atoms with van der Waals surface area (Å²) < 4.78 is 4.69. The molecule has 122 valence electrons. The van der Waals surface area contributed by atoms with Gasteiger partial charge in [-0.3, -0.25) is 19.3 Å². The maximum absolute atomic E-state index is 12.0. The number of amides is 2. The van der Waals surface area contributed by atoms with Gasteiger partial charge in [0.2, 0.25) is 0 Å². The summed E-state index contributed by atoms with van der Waals surface area (Å²) >= 11 is 0. The summed E-state index contributed by atoms with van der Waals surface area (Å²) in [5.41, 5.74) is 1.55. The lowest BCUT2D eigenvalue weighted by Crippen LogP contribution is -2.34. The van der Waals surface area contributed by atoms with Gasteiger partial charge in [0.15, 0.2) is 0 Å². The lowest BCUT2D eigenvalue weighted by atomic mass is 10.0. The van der Waals surface area contributed by atoms with E-state index >= 15 is 0 Å². The third-order valence-electron chi connectivity index (χ3n) is 3.58. The van der Waals surface area contributed by atoms with Gasteiger partial charge in [-0.05, 0) is 24.6 Å². The lowest BCUT2D eigenvalue weighted by Gasteiger charge is -2.14. The Morgan fingerprint density at radius 3 is 2.52 bits per heavy atom. The third kappa shape index (κ3) is 3.57. The zero-order valence-corrected chi connectivity index (χ0v) is 12.9. The number of β-amino-alcohol motifs (C(OH)–C–C–N with tert-alkyl or cyclic N) is 1. The SMILES string of the molecule is COC(=O)C(C)c1ccc(NC2=CC(=O)N(CCO)C2=O)cc1. The van der Waals surface area contributed by atoms with Crippen molar-refractivity contribution in [2.45, 2.75) is 12.8 Å². The van der Waals surface area contributed by atoms with Gasteiger partial charge in [0, 0.05) is 11.8 Å². The molecule has 0 bridgehead atoms. The van der Waals surface area contributed by atoms with Crippen molar-refractivity contribution in [2.75, 3.05) is 25.6 Å². The second-order valence-electron chi connectivity index (χ2n) is 5.07. The van der Waals surface area contributed by atoms with Crippen molar-refractivity contribution in [3.63, 3.8) is 0 Å². The molecule has 0 fully saturated rings. The van der Waals surface area contributed by atoms with Crippen LogP contribution in [0.5, 0.6) is 0 Å². The van der Waals surface area contributed by atoms with Crippen LogP contribution in [0.4, 0.5) is 5.69 Å². The second-order valence-corrected chi connectivity index (χ2v) is 5.07. The predicted molar refractivity (Wildman–Crippen MR) is 82.4 cm³/mol. The number of hydrogen-bond donors (Lipinski definition) is 2. The minimum absolute atomic E-state index is 0.0328. The highest BCUT2D eigenvalue weighted by Gasteiger charge is 2.30. The largest absolute Gasteiger partial charge is 0.469 e. The molecule has 1 aliphatic rings. The van der Waals surface area contributed by atoms with Crippen molar-refractivity contribution in [3.05, 3.63) is 41.6 Å². The number of carbonyl (C=O) groups excluding carboxylic acids is 3. The summed E-state index contributed by atoms with van der Waals surface area (Å²) in [5.74, 6) is -1.65. The third-order valence-corrected chi connectivity index (χ3v) is 3.58. The van der Waals surface area contributed by atoms with Gasteiger partial charge in [0.25, 0.3) is 11.8 Å². The van der Waals surface area contributed by atoms with Crippen LogP contribution in [0, 0.1) is 0 Å². The Labute approximate surface area is 133 Å². The normalized spacial score (nSPS) is 15.4. The van der Waals surface area contributed by atoms with Crippen LogP contribution in [0.2, 0.25) is 0 Å². The fourth-order valence-corrected chi connectivity index (χ4v) is 2.23. The van der Waals surface area contributed by atoms with Crippen LogP contribution in [-0.4, -0.2) is 48.1 Å². The molecule has 2 N–H and O–H groups in total. The van der Waals surface area contributed by atoms with E-state index in [0.717, 1.165) is 10.5 Å². The van der Waals surface area contributed by atoms with Crippen molar-refractivity contribution < 1.29 is 24.2 Å². The number of esters is 1. The molecular formula is C16H18N2O5. The number of aliphatic hydroxyl groups excluding tert-OH is 1. The van der Waals surface area contributed by atoms with E-state index in [4.69, 9.17) is 9.84 Å².